The molecule has 0 unspecified atom stereocenters. The minimum atomic E-state index is 0.764. The highest BCUT2D eigenvalue weighted by atomic mass is 35.5. The number of nitrogens with zero attached hydrogens (tertiary/aromatic N) is 1. The van der Waals surface area contributed by atoms with Crippen molar-refractivity contribution < 1.29 is 0 Å². The Morgan fingerprint density at radius 1 is 1.08 bits per heavy atom. The fourth-order valence-corrected chi connectivity index (χ4v) is 1.88. The molecule has 0 aliphatic heterocycles. The van der Waals surface area contributed by atoms with Crippen molar-refractivity contribution in [2.45, 2.75) is 40.0 Å². The summed E-state index contributed by atoms with van der Waals surface area (Å²) in [5.41, 5.74) is 0. The summed E-state index contributed by atoms with van der Waals surface area (Å²) in [6, 6.07) is 0. The zero-order valence-electron chi connectivity index (χ0n) is 9.35. The van der Waals surface area contributed by atoms with Crippen LogP contribution in [0, 0.1) is 5.92 Å². The monoisotopic (exact) mass is 205 g/mol. The molecule has 0 rings (SSSR count). The zero-order chi connectivity index (χ0) is 10.1. The van der Waals surface area contributed by atoms with Crippen molar-refractivity contribution in [1.29, 1.82) is 0 Å². The Kier molecular flexibility index (Phi) is 9.00. The van der Waals surface area contributed by atoms with Crippen LogP contribution in [0.15, 0.2) is 0 Å². The Hall–Kier alpha value is 0.250. The van der Waals surface area contributed by atoms with Gasteiger partial charge in [-0.3, -0.25) is 0 Å². The first-order chi connectivity index (χ1) is 6.28. The lowest BCUT2D eigenvalue weighted by Gasteiger charge is -2.25. The fourth-order valence-electron chi connectivity index (χ4n) is 1.64. The molecule has 80 valence electrons. The molecule has 1 nitrogen and oxygen atoms in total. The fraction of sp³-hybridized carbons (Fsp3) is 1.00. The molecule has 0 saturated heterocycles. The van der Waals surface area contributed by atoms with E-state index in [1.807, 2.05) is 0 Å². The molecule has 0 aromatic rings. The molecular weight excluding hydrogens is 182 g/mol. The summed E-state index contributed by atoms with van der Waals surface area (Å²) >= 11 is 5.76. The van der Waals surface area contributed by atoms with E-state index in [0.29, 0.717) is 0 Å². The van der Waals surface area contributed by atoms with Crippen LogP contribution in [-0.4, -0.2) is 30.4 Å². The Bertz CT molecular complexity index is 96.3. The largest absolute Gasteiger partial charge is 0.302 e. The van der Waals surface area contributed by atoms with Crippen LogP contribution in [0.5, 0.6) is 0 Å². The molecule has 0 aliphatic carbocycles. The zero-order valence-corrected chi connectivity index (χ0v) is 10.1. The van der Waals surface area contributed by atoms with Crippen molar-refractivity contribution in [3.63, 3.8) is 0 Å². The summed E-state index contributed by atoms with van der Waals surface area (Å²) in [7, 11) is 0. The molecule has 0 bridgehead atoms. The highest BCUT2D eigenvalue weighted by Gasteiger charge is 2.09. The van der Waals surface area contributed by atoms with Crippen LogP contribution in [0.2, 0.25) is 0 Å². The first kappa shape index (κ1) is 13.2. The summed E-state index contributed by atoms with van der Waals surface area (Å²) in [4.78, 5) is 2.49. The van der Waals surface area contributed by atoms with Crippen molar-refractivity contribution >= 4 is 11.6 Å². The molecule has 0 fully saturated rings. The third-order valence-electron chi connectivity index (χ3n) is 2.61. The van der Waals surface area contributed by atoms with Gasteiger partial charge in [0.05, 0.1) is 0 Å². The summed E-state index contributed by atoms with van der Waals surface area (Å²) in [5.74, 6) is 1.62. The SMILES string of the molecule is CCCN(CCCl)CC(CC)CC. The van der Waals surface area contributed by atoms with Crippen molar-refractivity contribution in [3.05, 3.63) is 0 Å². The van der Waals surface area contributed by atoms with Gasteiger partial charge in [0.1, 0.15) is 0 Å². The van der Waals surface area contributed by atoms with E-state index in [1.165, 1.54) is 32.4 Å². The normalized spacial score (nSPS) is 11.5. The van der Waals surface area contributed by atoms with Gasteiger partial charge in [-0.2, -0.15) is 0 Å². The van der Waals surface area contributed by atoms with Gasteiger partial charge in [0.2, 0.25) is 0 Å². The van der Waals surface area contributed by atoms with Crippen LogP contribution in [0.4, 0.5) is 0 Å². The van der Waals surface area contributed by atoms with Crippen molar-refractivity contribution in [1.82, 2.24) is 4.90 Å². The highest BCUT2D eigenvalue weighted by molar-refractivity contribution is 6.18. The van der Waals surface area contributed by atoms with Gasteiger partial charge in [-0.1, -0.05) is 33.6 Å². The van der Waals surface area contributed by atoms with Gasteiger partial charge in [0.15, 0.2) is 0 Å². The smallest absolute Gasteiger partial charge is 0.0351 e. The van der Waals surface area contributed by atoms with Crippen molar-refractivity contribution in [2.75, 3.05) is 25.5 Å². The summed E-state index contributed by atoms with van der Waals surface area (Å²) in [5, 5.41) is 0. The molecule has 0 saturated carbocycles. The van der Waals surface area contributed by atoms with Crippen molar-refractivity contribution in [3.8, 4) is 0 Å². The molecule has 0 amide bonds. The molecule has 0 spiro atoms. The molecule has 0 aliphatic rings. The van der Waals surface area contributed by atoms with Crippen molar-refractivity contribution in [2.24, 2.45) is 5.92 Å². The van der Waals surface area contributed by atoms with Gasteiger partial charge in [0.25, 0.3) is 0 Å². The Labute approximate surface area is 88.5 Å². The predicted molar refractivity (Wildman–Crippen MR) is 61.5 cm³/mol. The molecule has 0 radical (unpaired) electrons. The Morgan fingerprint density at radius 2 is 1.69 bits per heavy atom. The molecule has 2 heteroatoms. The van der Waals surface area contributed by atoms with E-state index < -0.39 is 0 Å². The van der Waals surface area contributed by atoms with E-state index in [9.17, 15) is 0 Å². The van der Waals surface area contributed by atoms with Crippen LogP contribution in [0.3, 0.4) is 0 Å². The van der Waals surface area contributed by atoms with Gasteiger partial charge in [-0.25, -0.2) is 0 Å². The standard InChI is InChI=1S/C11H24ClN/c1-4-8-13(9-7-12)10-11(5-2)6-3/h11H,4-10H2,1-3H3. The Balaban J connectivity index is 3.76. The summed E-state index contributed by atoms with van der Waals surface area (Å²) in [6.07, 6.45) is 3.81. The number of alkyl halides is 1. The molecule has 0 aromatic carbocycles. The first-order valence-electron chi connectivity index (χ1n) is 5.56. The molecule has 0 atom stereocenters. The molecule has 0 heterocycles. The second kappa shape index (κ2) is 8.83. The lowest BCUT2D eigenvalue weighted by atomic mass is 10.0. The Morgan fingerprint density at radius 3 is 2.08 bits per heavy atom. The summed E-state index contributed by atoms with van der Waals surface area (Å²) in [6.45, 7) is 10.3. The van der Waals surface area contributed by atoms with Gasteiger partial charge in [0, 0.05) is 19.0 Å². The van der Waals surface area contributed by atoms with E-state index in [1.54, 1.807) is 0 Å². The quantitative estimate of drug-likeness (QED) is 0.550. The van der Waals surface area contributed by atoms with Crippen LogP contribution >= 0.6 is 11.6 Å². The second-order valence-electron chi connectivity index (χ2n) is 3.67. The third kappa shape index (κ3) is 6.34. The molecular formula is C11H24ClN. The minimum Gasteiger partial charge on any atom is -0.302 e. The molecule has 13 heavy (non-hydrogen) atoms. The van der Waals surface area contributed by atoms with Gasteiger partial charge in [-0.15, -0.1) is 11.6 Å². The number of halogens is 1. The number of hydrogen-bond acceptors (Lipinski definition) is 1. The second-order valence-corrected chi connectivity index (χ2v) is 4.05. The van der Waals surface area contributed by atoms with Crippen LogP contribution < -0.4 is 0 Å². The van der Waals surface area contributed by atoms with E-state index in [2.05, 4.69) is 25.7 Å². The third-order valence-corrected chi connectivity index (χ3v) is 2.78. The first-order valence-corrected chi connectivity index (χ1v) is 6.10. The van der Waals surface area contributed by atoms with E-state index in [0.717, 1.165) is 18.3 Å². The van der Waals surface area contributed by atoms with Gasteiger partial charge in [-0.05, 0) is 18.9 Å². The van der Waals surface area contributed by atoms with Crippen LogP contribution in [-0.2, 0) is 0 Å². The van der Waals surface area contributed by atoms with E-state index in [4.69, 9.17) is 11.6 Å². The minimum absolute atomic E-state index is 0.764. The van der Waals surface area contributed by atoms with E-state index >= 15 is 0 Å². The number of hydrogen-bond donors (Lipinski definition) is 0. The van der Waals surface area contributed by atoms with Gasteiger partial charge < -0.3 is 4.90 Å². The van der Waals surface area contributed by atoms with E-state index in [-0.39, 0.29) is 0 Å². The lowest BCUT2D eigenvalue weighted by Crippen LogP contribution is -2.31. The molecule has 0 aromatic heterocycles. The average Bonchev–Trinajstić information content (AvgIpc) is 2.14. The summed E-state index contributed by atoms with van der Waals surface area (Å²) < 4.78 is 0. The molecule has 0 N–H and O–H groups in total. The highest BCUT2D eigenvalue weighted by Crippen LogP contribution is 2.10. The van der Waals surface area contributed by atoms with Crippen LogP contribution in [0.25, 0.3) is 0 Å². The average molecular weight is 206 g/mol. The maximum atomic E-state index is 5.76. The number of rotatable bonds is 8. The topological polar surface area (TPSA) is 3.24 Å². The van der Waals surface area contributed by atoms with Crippen LogP contribution in [0.1, 0.15) is 40.0 Å². The predicted octanol–water partition coefficient (Wildman–Crippen LogP) is 3.37. The maximum absolute atomic E-state index is 5.76. The lowest BCUT2D eigenvalue weighted by molar-refractivity contribution is 0.235. The van der Waals surface area contributed by atoms with Gasteiger partial charge >= 0.3 is 0 Å². The maximum Gasteiger partial charge on any atom is 0.0351 e.